The molecule has 1 aromatic carbocycles. The van der Waals surface area contributed by atoms with Gasteiger partial charge in [-0.1, -0.05) is 51.0 Å². The Morgan fingerprint density at radius 3 is 2.21 bits per heavy atom. The summed E-state index contributed by atoms with van der Waals surface area (Å²) in [5, 5.41) is 0. The van der Waals surface area contributed by atoms with Crippen molar-refractivity contribution in [2.75, 3.05) is 0 Å². The van der Waals surface area contributed by atoms with Gasteiger partial charge in [0.2, 0.25) is 0 Å². The molecule has 2 atom stereocenters. The van der Waals surface area contributed by atoms with Crippen LogP contribution < -0.4 is 0 Å². The van der Waals surface area contributed by atoms with Crippen LogP contribution in [0.25, 0.3) is 0 Å². The Morgan fingerprint density at radius 1 is 1.00 bits per heavy atom. The van der Waals surface area contributed by atoms with Crippen molar-refractivity contribution in [1.29, 1.82) is 0 Å². The van der Waals surface area contributed by atoms with Crippen LogP contribution in [0.4, 0.5) is 17.6 Å². The number of hydrogen-bond donors (Lipinski definition) is 0. The number of benzene rings is 1. The van der Waals surface area contributed by atoms with Gasteiger partial charge in [0.05, 0.1) is 11.7 Å². The molecule has 0 radical (unpaired) electrons. The number of halogens is 4. The summed E-state index contributed by atoms with van der Waals surface area (Å²) >= 11 is 0. The zero-order valence-corrected chi connectivity index (χ0v) is 16.9. The van der Waals surface area contributed by atoms with Crippen molar-refractivity contribution in [3.8, 4) is 0 Å². The van der Waals surface area contributed by atoms with E-state index in [2.05, 4.69) is 0 Å². The molecular formula is C23H32F4O. The third-order valence-corrected chi connectivity index (χ3v) is 6.56. The molecule has 3 rings (SSSR count). The first-order valence-electron chi connectivity index (χ1n) is 10.7. The second kappa shape index (κ2) is 8.73. The van der Waals surface area contributed by atoms with Crippen LogP contribution in [0.3, 0.4) is 0 Å². The summed E-state index contributed by atoms with van der Waals surface area (Å²) < 4.78 is 63.1. The van der Waals surface area contributed by atoms with Crippen LogP contribution in [0.15, 0.2) is 24.3 Å². The molecule has 0 bridgehead atoms. The minimum atomic E-state index is -3.34. The van der Waals surface area contributed by atoms with Gasteiger partial charge in [0, 0.05) is 12.3 Å². The van der Waals surface area contributed by atoms with Crippen LogP contribution >= 0.6 is 0 Å². The average molecular weight is 401 g/mol. The summed E-state index contributed by atoms with van der Waals surface area (Å²) in [6.07, 6.45) is 1.20. The van der Waals surface area contributed by atoms with E-state index >= 15 is 0 Å². The van der Waals surface area contributed by atoms with E-state index in [0.29, 0.717) is 32.1 Å². The lowest BCUT2D eigenvalue weighted by Gasteiger charge is -2.42. The fourth-order valence-electron chi connectivity index (χ4n) is 5.01. The topological polar surface area (TPSA) is 9.23 Å². The molecule has 2 aliphatic carbocycles. The molecule has 5 heteroatoms. The third kappa shape index (κ3) is 5.08. The van der Waals surface area contributed by atoms with Gasteiger partial charge < -0.3 is 4.74 Å². The maximum Gasteiger partial charge on any atom is 0.383 e. The van der Waals surface area contributed by atoms with Gasteiger partial charge in [-0.15, -0.1) is 0 Å². The van der Waals surface area contributed by atoms with E-state index in [0.717, 1.165) is 24.8 Å². The van der Waals surface area contributed by atoms with Crippen molar-refractivity contribution < 1.29 is 22.3 Å². The molecule has 1 nitrogen and oxygen atoms in total. The molecule has 2 fully saturated rings. The maximum atomic E-state index is 14.5. The normalized spacial score (nSPS) is 30.9. The van der Waals surface area contributed by atoms with E-state index in [4.69, 9.17) is 4.74 Å². The predicted octanol–water partition coefficient (Wildman–Crippen LogP) is 7.34. The Hall–Kier alpha value is -1.10. The SMILES string of the molecule is CCCc1ccc(C(F)(F)OC2CCC(C3CCC(C)CC3(F)F)CC2)cc1. The van der Waals surface area contributed by atoms with Gasteiger partial charge in [-0.25, -0.2) is 8.78 Å². The van der Waals surface area contributed by atoms with Gasteiger partial charge in [-0.2, -0.15) is 8.78 Å². The lowest BCUT2D eigenvalue weighted by molar-refractivity contribution is -0.279. The van der Waals surface area contributed by atoms with E-state index in [1.165, 1.54) is 12.1 Å². The molecular weight excluding hydrogens is 368 g/mol. The highest BCUT2D eigenvalue weighted by atomic mass is 19.3. The fraction of sp³-hybridized carbons (Fsp3) is 0.739. The summed E-state index contributed by atoms with van der Waals surface area (Å²) in [4.78, 5) is 0. The van der Waals surface area contributed by atoms with Gasteiger partial charge in [-0.05, 0) is 55.9 Å². The van der Waals surface area contributed by atoms with Gasteiger partial charge >= 0.3 is 6.11 Å². The lowest BCUT2D eigenvalue weighted by atomic mass is 9.69. The van der Waals surface area contributed by atoms with Gasteiger partial charge in [0.25, 0.3) is 5.92 Å². The minimum absolute atomic E-state index is 0.0415. The first-order chi connectivity index (χ1) is 13.2. The van der Waals surface area contributed by atoms with E-state index in [9.17, 15) is 17.6 Å². The highest BCUT2D eigenvalue weighted by molar-refractivity contribution is 5.24. The number of ether oxygens (including phenoxy) is 1. The Labute approximate surface area is 165 Å². The average Bonchev–Trinajstić information content (AvgIpc) is 2.62. The zero-order valence-electron chi connectivity index (χ0n) is 16.9. The van der Waals surface area contributed by atoms with Crippen molar-refractivity contribution in [2.24, 2.45) is 17.8 Å². The Morgan fingerprint density at radius 2 is 1.64 bits per heavy atom. The number of aryl methyl sites for hydroxylation is 1. The van der Waals surface area contributed by atoms with Gasteiger partial charge in [0.1, 0.15) is 0 Å². The molecule has 0 amide bonds. The summed E-state index contributed by atoms with van der Waals surface area (Å²) in [6, 6.07) is 6.30. The first kappa shape index (κ1) is 21.6. The number of alkyl halides is 4. The minimum Gasteiger partial charge on any atom is -0.313 e. The molecule has 0 N–H and O–H groups in total. The van der Waals surface area contributed by atoms with Crippen LogP contribution in [-0.4, -0.2) is 12.0 Å². The smallest absolute Gasteiger partial charge is 0.313 e. The third-order valence-electron chi connectivity index (χ3n) is 6.56. The molecule has 0 saturated heterocycles. The highest BCUT2D eigenvalue weighted by Gasteiger charge is 2.48. The Bertz CT molecular complexity index is 620. The van der Waals surface area contributed by atoms with Crippen LogP contribution in [-0.2, 0) is 17.3 Å². The highest BCUT2D eigenvalue weighted by Crippen LogP contribution is 2.49. The molecule has 0 aromatic heterocycles. The largest absolute Gasteiger partial charge is 0.383 e. The molecule has 1 aromatic rings. The number of hydrogen-bond acceptors (Lipinski definition) is 1. The zero-order chi connectivity index (χ0) is 20.4. The predicted molar refractivity (Wildman–Crippen MR) is 103 cm³/mol. The first-order valence-corrected chi connectivity index (χ1v) is 10.7. The summed E-state index contributed by atoms with van der Waals surface area (Å²) in [7, 11) is 0. The van der Waals surface area contributed by atoms with E-state index < -0.39 is 24.1 Å². The van der Waals surface area contributed by atoms with Gasteiger partial charge in [-0.3, -0.25) is 0 Å². The molecule has 0 aliphatic heterocycles. The summed E-state index contributed by atoms with van der Waals surface area (Å²) in [5.74, 6) is -3.24. The Kier molecular flexibility index (Phi) is 6.73. The van der Waals surface area contributed by atoms with Crippen molar-refractivity contribution in [1.82, 2.24) is 0 Å². The molecule has 0 heterocycles. The van der Waals surface area contributed by atoms with E-state index in [-0.39, 0.29) is 23.8 Å². The van der Waals surface area contributed by atoms with Crippen molar-refractivity contribution in [3.05, 3.63) is 35.4 Å². The van der Waals surface area contributed by atoms with Crippen molar-refractivity contribution >= 4 is 0 Å². The van der Waals surface area contributed by atoms with Gasteiger partial charge in [0.15, 0.2) is 0 Å². The van der Waals surface area contributed by atoms with Crippen molar-refractivity contribution in [3.63, 3.8) is 0 Å². The van der Waals surface area contributed by atoms with E-state index in [1.807, 2.05) is 13.8 Å². The van der Waals surface area contributed by atoms with Crippen LogP contribution in [0, 0.1) is 17.8 Å². The quantitative estimate of drug-likeness (QED) is 0.454. The number of rotatable bonds is 6. The van der Waals surface area contributed by atoms with Crippen molar-refractivity contribution in [2.45, 2.75) is 89.8 Å². The Balaban J connectivity index is 1.54. The van der Waals surface area contributed by atoms with Crippen LogP contribution in [0.5, 0.6) is 0 Å². The molecule has 2 saturated carbocycles. The summed E-state index contributed by atoms with van der Waals surface area (Å²) in [6.45, 7) is 3.93. The second-order valence-electron chi connectivity index (χ2n) is 8.87. The second-order valence-corrected chi connectivity index (χ2v) is 8.87. The molecule has 28 heavy (non-hydrogen) atoms. The molecule has 2 aliphatic rings. The van der Waals surface area contributed by atoms with Crippen LogP contribution in [0.1, 0.15) is 76.3 Å². The molecule has 158 valence electrons. The molecule has 0 spiro atoms. The monoisotopic (exact) mass is 400 g/mol. The summed E-state index contributed by atoms with van der Waals surface area (Å²) in [5.41, 5.74) is 0.896. The maximum absolute atomic E-state index is 14.5. The molecule has 2 unspecified atom stereocenters. The van der Waals surface area contributed by atoms with Crippen LogP contribution in [0.2, 0.25) is 0 Å². The van der Waals surface area contributed by atoms with E-state index in [1.54, 1.807) is 12.1 Å². The standard InChI is InChI=1S/C23H32F4O/c1-3-4-17-6-10-19(11-7-17)23(26,27)28-20-12-8-18(9-13-20)21-14-5-16(2)15-22(21,24)25/h6-7,10-11,16,18,20-21H,3-5,8-9,12-15H2,1-2H3. The fourth-order valence-corrected chi connectivity index (χ4v) is 5.01. The lowest BCUT2D eigenvalue weighted by Crippen LogP contribution is -2.41.